The molecule has 0 aromatic rings. The minimum absolute atomic E-state index is 0.0162. The van der Waals surface area contributed by atoms with E-state index in [0.29, 0.717) is 25.7 Å². The van der Waals surface area contributed by atoms with Gasteiger partial charge >= 0.3 is 5.97 Å². The first-order valence-corrected chi connectivity index (χ1v) is 21.3. The highest BCUT2D eigenvalue weighted by atomic mass is 16.8. The molecule has 8 N–H and O–H groups in total. The Bertz CT molecular complexity index is 1450. The van der Waals surface area contributed by atoms with Gasteiger partial charge in [-0.25, -0.2) is 0 Å². The molecule has 2 saturated heterocycles. The summed E-state index contributed by atoms with van der Waals surface area (Å²) in [6.45, 7) is 15.5. The zero-order valence-electron chi connectivity index (χ0n) is 35.3. The Morgan fingerprint density at radius 2 is 1.56 bits per heavy atom. The van der Waals surface area contributed by atoms with Gasteiger partial charge in [0.1, 0.15) is 36.6 Å². The van der Waals surface area contributed by atoms with Crippen molar-refractivity contribution in [1.29, 1.82) is 0 Å². The molecule has 14 heteroatoms. The van der Waals surface area contributed by atoms with E-state index in [1.54, 1.807) is 0 Å². The van der Waals surface area contributed by atoms with Gasteiger partial charge in [-0.15, -0.1) is 0 Å². The Kier molecular flexibility index (Phi) is 13.1. The van der Waals surface area contributed by atoms with Crippen LogP contribution in [0.15, 0.2) is 11.6 Å². The van der Waals surface area contributed by atoms with Crippen LogP contribution in [-0.4, -0.2) is 140 Å². The third-order valence-electron chi connectivity index (χ3n) is 16.8. The van der Waals surface area contributed by atoms with Gasteiger partial charge in [0, 0.05) is 12.3 Å². The van der Waals surface area contributed by atoms with Gasteiger partial charge in [0.15, 0.2) is 18.7 Å². The molecule has 2 heterocycles. The van der Waals surface area contributed by atoms with Crippen LogP contribution in [0, 0.1) is 45.3 Å². The Hall–Kier alpha value is -1.27. The first kappa shape index (κ1) is 45.3. The number of carbonyl (C=O) groups excluding carboxylic acids is 1. The van der Waals surface area contributed by atoms with E-state index in [2.05, 4.69) is 34.6 Å². The summed E-state index contributed by atoms with van der Waals surface area (Å²) < 4.78 is 29.5. The molecule has 0 unspecified atom stereocenters. The summed E-state index contributed by atoms with van der Waals surface area (Å²) in [6, 6.07) is 0. The number of rotatable bonds is 11. The van der Waals surface area contributed by atoms with Gasteiger partial charge in [0.2, 0.25) is 0 Å². The van der Waals surface area contributed by atoms with Crippen LogP contribution in [0.1, 0.15) is 113 Å². The molecule has 14 nitrogen and oxygen atoms in total. The van der Waals surface area contributed by atoms with Crippen molar-refractivity contribution in [3.63, 3.8) is 0 Å². The normalized spacial score (nSPS) is 49.6. The van der Waals surface area contributed by atoms with E-state index < -0.39 is 91.1 Å². The van der Waals surface area contributed by atoms with Crippen LogP contribution in [0.2, 0.25) is 0 Å². The predicted molar refractivity (Wildman–Crippen MR) is 206 cm³/mol. The fourth-order valence-corrected chi connectivity index (χ4v) is 13.3. The number of allylic oxidation sites excluding steroid dienone is 1. The van der Waals surface area contributed by atoms with Crippen molar-refractivity contribution in [2.75, 3.05) is 19.8 Å². The van der Waals surface area contributed by atoms with Crippen molar-refractivity contribution >= 4 is 5.97 Å². The monoisotopic (exact) mass is 812 g/mol. The maximum Gasteiger partial charge on any atom is 0.303 e. The van der Waals surface area contributed by atoms with E-state index in [0.717, 1.165) is 37.7 Å². The van der Waals surface area contributed by atoms with Crippen LogP contribution in [-0.2, 0) is 28.5 Å². The van der Waals surface area contributed by atoms with Crippen molar-refractivity contribution in [2.45, 2.75) is 186 Å². The molecular weight excluding hydrogens is 740 g/mol. The number of carbonyl (C=O) groups is 1. The number of esters is 1. The number of aliphatic hydroxyl groups is 8. The average molecular weight is 813 g/mol. The van der Waals surface area contributed by atoms with Gasteiger partial charge in [-0.2, -0.15) is 0 Å². The average Bonchev–Trinajstić information content (AvgIpc) is 3.52. The van der Waals surface area contributed by atoms with Crippen LogP contribution in [0.5, 0.6) is 0 Å². The SMILES string of the molecule is CC(=O)O[C@H]1CO[C@@H](O[C@H]2[C@H](O[C@H]3CC[C@]4(C)[C@H]5CC[C@@H]6[C@@H]([C@@](C)(O)CC/C=C(\C)CO)CC[C@@]6(C)[C@]5(C)[C@@H](O)C[C@H]4C3(C)C)O[C@H](CO)[C@@H](O)[C@@H]2O)[C@H](O)[C@H]1O. The molecule has 6 fully saturated rings. The minimum atomic E-state index is -1.68. The fourth-order valence-electron chi connectivity index (χ4n) is 13.3. The summed E-state index contributed by atoms with van der Waals surface area (Å²) in [5.74, 6) is -0.0398. The molecule has 57 heavy (non-hydrogen) atoms. The number of hydrogen-bond donors (Lipinski definition) is 8. The molecule has 6 rings (SSSR count). The number of hydrogen-bond acceptors (Lipinski definition) is 14. The van der Waals surface area contributed by atoms with Gasteiger partial charge in [0.05, 0.1) is 37.6 Å². The maximum atomic E-state index is 12.5. The summed E-state index contributed by atoms with van der Waals surface area (Å²) in [7, 11) is 0. The molecule has 4 aliphatic carbocycles. The first-order valence-electron chi connectivity index (χ1n) is 21.3. The Morgan fingerprint density at radius 3 is 2.21 bits per heavy atom. The predicted octanol–water partition coefficient (Wildman–Crippen LogP) is 2.33. The van der Waals surface area contributed by atoms with E-state index in [9.17, 15) is 45.6 Å². The second-order valence-electron chi connectivity index (χ2n) is 20.1. The van der Waals surface area contributed by atoms with Gasteiger partial charge in [-0.1, -0.05) is 46.3 Å². The second kappa shape index (κ2) is 16.5. The van der Waals surface area contributed by atoms with Crippen molar-refractivity contribution < 1.29 is 69.3 Å². The van der Waals surface area contributed by atoms with Crippen LogP contribution in [0.3, 0.4) is 0 Å². The number of aliphatic hydroxyl groups excluding tert-OH is 7. The van der Waals surface area contributed by atoms with Gasteiger partial charge < -0.3 is 64.5 Å². The highest BCUT2D eigenvalue weighted by Gasteiger charge is 2.72. The zero-order valence-corrected chi connectivity index (χ0v) is 35.3. The number of fused-ring (bicyclic) bond motifs is 5. The Labute approximate surface area is 337 Å². The third kappa shape index (κ3) is 7.68. The molecule has 0 spiro atoms. The lowest BCUT2D eigenvalue weighted by Crippen LogP contribution is -2.69. The van der Waals surface area contributed by atoms with Gasteiger partial charge in [-0.05, 0) is 112 Å². The highest BCUT2D eigenvalue weighted by molar-refractivity contribution is 5.66. The lowest BCUT2D eigenvalue weighted by Gasteiger charge is -2.71. The minimum Gasteiger partial charge on any atom is -0.457 e. The van der Waals surface area contributed by atoms with Crippen molar-refractivity contribution in [2.24, 2.45) is 45.3 Å². The highest BCUT2D eigenvalue weighted by Crippen LogP contribution is 2.76. The first-order chi connectivity index (χ1) is 26.6. The fraction of sp³-hybridized carbons (Fsp3) is 0.930. The van der Waals surface area contributed by atoms with Crippen LogP contribution in [0.25, 0.3) is 0 Å². The second-order valence-corrected chi connectivity index (χ2v) is 20.1. The molecule has 19 atom stereocenters. The molecule has 2 aliphatic heterocycles. The summed E-state index contributed by atoms with van der Waals surface area (Å²) >= 11 is 0. The molecule has 0 radical (unpaired) electrons. The van der Waals surface area contributed by atoms with Crippen LogP contribution < -0.4 is 0 Å². The molecule has 0 aromatic heterocycles. The Morgan fingerprint density at radius 1 is 0.860 bits per heavy atom. The van der Waals surface area contributed by atoms with Crippen molar-refractivity contribution in [3.05, 3.63) is 11.6 Å². The molecule has 0 amide bonds. The molecule has 0 bridgehead atoms. The van der Waals surface area contributed by atoms with E-state index >= 15 is 0 Å². The van der Waals surface area contributed by atoms with Crippen LogP contribution in [0.4, 0.5) is 0 Å². The smallest absolute Gasteiger partial charge is 0.303 e. The quantitative estimate of drug-likeness (QED) is 0.0853. The molecular formula is C43H72O14. The van der Waals surface area contributed by atoms with E-state index in [1.165, 1.54) is 6.92 Å². The van der Waals surface area contributed by atoms with Gasteiger partial charge in [0.25, 0.3) is 0 Å². The molecule has 0 aromatic carbocycles. The standard InChI is InChI=1S/C43H72O14/c1-22(19-44)10-9-15-42(7,52)25-13-17-41(6)24(25)11-12-28-40(5)16-14-31(39(3,4)29(40)18-30(47)43(28,41)8)56-38-36(34(50)32(48)26(20-45)55-38)57-37-35(51)33(49)27(21-53-37)54-23(2)46/h10,24-38,44-45,47-52H,9,11-21H2,1-8H3/b22-10+/t24-,25+,26-,27+,28-,29+,30+,31+,32-,33+,34+,35-,36-,37+,38+,40-,41-,42+,43+/m1/s1. The van der Waals surface area contributed by atoms with E-state index in [1.807, 2.05) is 19.9 Å². The molecule has 328 valence electrons. The molecule has 4 saturated carbocycles. The lowest BCUT2D eigenvalue weighted by molar-refractivity contribution is -0.371. The zero-order chi connectivity index (χ0) is 42.0. The largest absolute Gasteiger partial charge is 0.457 e. The lowest BCUT2D eigenvalue weighted by atomic mass is 9.34. The van der Waals surface area contributed by atoms with E-state index in [-0.39, 0.29) is 53.1 Å². The van der Waals surface area contributed by atoms with Crippen LogP contribution >= 0.6 is 0 Å². The van der Waals surface area contributed by atoms with E-state index in [4.69, 9.17) is 23.7 Å². The number of ether oxygens (including phenoxy) is 5. The summed E-state index contributed by atoms with van der Waals surface area (Å²) in [5.41, 5.74) is -1.20. The topological polar surface area (TPSA) is 225 Å². The summed E-state index contributed by atoms with van der Waals surface area (Å²) in [5, 5.41) is 87.7. The Balaban J connectivity index is 1.21. The maximum absolute atomic E-state index is 12.5. The summed E-state index contributed by atoms with van der Waals surface area (Å²) in [6.07, 6.45) is -4.91. The third-order valence-corrected chi connectivity index (χ3v) is 16.8. The van der Waals surface area contributed by atoms with Crippen molar-refractivity contribution in [1.82, 2.24) is 0 Å². The van der Waals surface area contributed by atoms with Gasteiger partial charge in [-0.3, -0.25) is 4.79 Å². The summed E-state index contributed by atoms with van der Waals surface area (Å²) in [4.78, 5) is 11.5. The molecule has 6 aliphatic rings. The van der Waals surface area contributed by atoms with Crippen molar-refractivity contribution in [3.8, 4) is 0 Å².